The molecule has 0 radical (unpaired) electrons. The molecule has 4 rings (SSSR count). The van der Waals surface area contributed by atoms with Gasteiger partial charge in [-0.15, -0.1) is 16.4 Å². The van der Waals surface area contributed by atoms with Crippen LogP contribution in [0.3, 0.4) is 0 Å². The summed E-state index contributed by atoms with van der Waals surface area (Å²) >= 11 is 1.72. The van der Waals surface area contributed by atoms with Crippen LogP contribution < -0.4 is 5.32 Å². The Labute approximate surface area is 161 Å². The van der Waals surface area contributed by atoms with Crippen molar-refractivity contribution < 1.29 is 4.79 Å². The van der Waals surface area contributed by atoms with E-state index in [1.165, 1.54) is 11.2 Å². The van der Waals surface area contributed by atoms with E-state index < -0.39 is 0 Å². The molecule has 1 N–H and O–H groups in total. The van der Waals surface area contributed by atoms with Gasteiger partial charge in [0.1, 0.15) is 6.33 Å². The second kappa shape index (κ2) is 7.93. The van der Waals surface area contributed by atoms with Crippen molar-refractivity contribution in [1.29, 1.82) is 0 Å². The van der Waals surface area contributed by atoms with Crippen LogP contribution in [0.1, 0.15) is 22.7 Å². The molecule has 0 spiro atoms. The molecule has 3 aromatic rings. The highest BCUT2D eigenvalue weighted by Gasteiger charge is 2.26. The normalized spacial score (nSPS) is 17.7. The molecule has 0 saturated carbocycles. The van der Waals surface area contributed by atoms with Crippen molar-refractivity contribution in [3.05, 3.63) is 46.7 Å². The van der Waals surface area contributed by atoms with E-state index in [1.807, 2.05) is 37.4 Å². The van der Waals surface area contributed by atoms with E-state index in [2.05, 4.69) is 30.7 Å². The first-order chi connectivity index (χ1) is 13.2. The third-order valence-corrected chi connectivity index (χ3v) is 5.55. The van der Waals surface area contributed by atoms with Crippen LogP contribution in [-0.2, 0) is 11.3 Å². The third kappa shape index (κ3) is 4.37. The molecule has 9 heteroatoms. The molecule has 1 aliphatic heterocycles. The van der Waals surface area contributed by atoms with Crippen LogP contribution in [0.15, 0.2) is 36.8 Å². The van der Waals surface area contributed by atoms with Gasteiger partial charge in [-0.25, -0.2) is 9.67 Å². The Hall–Kier alpha value is -2.65. The lowest BCUT2D eigenvalue weighted by atomic mass is 9.97. The number of hydrogen-bond donors (Lipinski definition) is 1. The Kier molecular flexibility index (Phi) is 5.21. The largest absolute Gasteiger partial charge is 0.326 e. The fourth-order valence-corrected chi connectivity index (χ4v) is 4.20. The van der Waals surface area contributed by atoms with E-state index in [-0.39, 0.29) is 11.8 Å². The zero-order valence-electron chi connectivity index (χ0n) is 15.1. The summed E-state index contributed by atoms with van der Waals surface area (Å²) in [6.07, 6.45) is 5.41. The lowest BCUT2D eigenvalue weighted by Crippen LogP contribution is -2.40. The Morgan fingerprint density at radius 3 is 3.11 bits per heavy atom. The third-order valence-electron chi connectivity index (χ3n) is 4.65. The molecule has 1 fully saturated rings. The number of piperidine rings is 1. The molecule has 1 unspecified atom stereocenters. The molecule has 3 heterocycles. The summed E-state index contributed by atoms with van der Waals surface area (Å²) in [5, 5.41) is 15.3. The van der Waals surface area contributed by atoms with Gasteiger partial charge >= 0.3 is 0 Å². The number of rotatable bonds is 5. The van der Waals surface area contributed by atoms with Crippen molar-refractivity contribution in [1.82, 2.24) is 30.1 Å². The fraction of sp³-hybridized carbons (Fsp3) is 0.389. The highest BCUT2D eigenvalue weighted by molar-refractivity contribution is 7.11. The smallest absolute Gasteiger partial charge is 0.228 e. The average Bonchev–Trinajstić information content (AvgIpc) is 3.34. The monoisotopic (exact) mass is 383 g/mol. The fourth-order valence-electron chi connectivity index (χ4n) is 3.36. The highest BCUT2D eigenvalue weighted by atomic mass is 32.1. The summed E-state index contributed by atoms with van der Waals surface area (Å²) in [4.78, 5) is 20.7. The second-order valence-corrected chi connectivity index (χ2v) is 8.03. The number of aryl methyl sites for hydroxylation is 1. The average molecular weight is 383 g/mol. The number of anilines is 1. The molecule has 1 atom stereocenters. The van der Waals surface area contributed by atoms with E-state index in [0.29, 0.717) is 0 Å². The molecule has 2 aromatic heterocycles. The number of aromatic nitrogens is 5. The summed E-state index contributed by atoms with van der Waals surface area (Å²) in [5.41, 5.74) is 1.56. The van der Waals surface area contributed by atoms with Gasteiger partial charge in [0.2, 0.25) is 5.91 Å². The molecule has 8 nitrogen and oxygen atoms in total. The van der Waals surface area contributed by atoms with Gasteiger partial charge in [0, 0.05) is 29.9 Å². The zero-order chi connectivity index (χ0) is 18.6. The summed E-state index contributed by atoms with van der Waals surface area (Å²) in [7, 11) is 0. The second-order valence-electron chi connectivity index (χ2n) is 6.71. The van der Waals surface area contributed by atoms with Crippen LogP contribution >= 0.6 is 11.3 Å². The zero-order valence-corrected chi connectivity index (χ0v) is 15.9. The van der Waals surface area contributed by atoms with Gasteiger partial charge in [0.05, 0.1) is 16.6 Å². The minimum atomic E-state index is -0.00976. The van der Waals surface area contributed by atoms with Crippen LogP contribution in [0.2, 0.25) is 0 Å². The van der Waals surface area contributed by atoms with Gasteiger partial charge < -0.3 is 5.32 Å². The number of likely N-dealkylation sites (tertiary alicyclic amines) is 1. The number of benzene rings is 1. The number of carbonyl (C=O) groups excluding carboxylic acids is 1. The number of tetrazole rings is 1. The topological polar surface area (TPSA) is 88.8 Å². The number of nitrogens with one attached hydrogen (secondary N) is 1. The van der Waals surface area contributed by atoms with Crippen molar-refractivity contribution in [2.45, 2.75) is 26.3 Å². The Morgan fingerprint density at radius 1 is 1.41 bits per heavy atom. The van der Waals surface area contributed by atoms with Gasteiger partial charge in [-0.3, -0.25) is 9.69 Å². The Morgan fingerprint density at radius 2 is 2.33 bits per heavy atom. The first kappa shape index (κ1) is 17.7. The maximum atomic E-state index is 12.8. The van der Waals surface area contributed by atoms with Crippen LogP contribution in [0.5, 0.6) is 0 Å². The first-order valence-corrected chi connectivity index (χ1v) is 9.77. The van der Waals surface area contributed by atoms with Gasteiger partial charge in [0.25, 0.3) is 0 Å². The molecule has 1 aromatic carbocycles. The Bertz CT molecular complexity index is 908. The lowest BCUT2D eigenvalue weighted by molar-refractivity contribution is -0.121. The van der Waals surface area contributed by atoms with E-state index in [1.54, 1.807) is 16.0 Å². The van der Waals surface area contributed by atoms with E-state index >= 15 is 0 Å². The van der Waals surface area contributed by atoms with E-state index in [9.17, 15) is 4.79 Å². The van der Waals surface area contributed by atoms with Gasteiger partial charge in [-0.05, 0) is 54.9 Å². The van der Waals surface area contributed by atoms with E-state index in [0.717, 1.165) is 48.9 Å². The number of thiazole rings is 1. The van der Waals surface area contributed by atoms with Crippen LogP contribution in [0.25, 0.3) is 5.69 Å². The Balaban J connectivity index is 1.38. The van der Waals surface area contributed by atoms with Gasteiger partial charge in [-0.2, -0.15) is 0 Å². The first-order valence-electron chi connectivity index (χ1n) is 8.95. The molecule has 27 heavy (non-hydrogen) atoms. The van der Waals surface area contributed by atoms with Gasteiger partial charge in [0.15, 0.2) is 0 Å². The SMILES string of the molecule is Cc1ncc(CN2CCCC(C(=O)Nc3cccc(-n4cnnn4)c3)C2)s1. The van der Waals surface area contributed by atoms with Crippen LogP contribution in [0, 0.1) is 12.8 Å². The van der Waals surface area contributed by atoms with Crippen molar-refractivity contribution in [2.24, 2.45) is 5.92 Å². The van der Waals surface area contributed by atoms with Crippen LogP contribution in [-0.4, -0.2) is 49.1 Å². The molecular weight excluding hydrogens is 362 g/mol. The summed E-state index contributed by atoms with van der Waals surface area (Å²) in [6.45, 7) is 4.68. The summed E-state index contributed by atoms with van der Waals surface area (Å²) < 4.78 is 1.56. The molecular formula is C18H21N7OS. The molecule has 0 bridgehead atoms. The predicted octanol–water partition coefficient (Wildman–Crippen LogP) is 2.28. The molecule has 140 valence electrons. The summed E-state index contributed by atoms with van der Waals surface area (Å²) in [5.74, 6) is 0.0542. The quantitative estimate of drug-likeness (QED) is 0.727. The summed E-state index contributed by atoms with van der Waals surface area (Å²) in [6, 6.07) is 7.53. The maximum absolute atomic E-state index is 12.8. The number of amides is 1. The standard InChI is InChI=1S/C18H21N7OS/c1-13-19-9-17(27-13)11-24-7-3-4-14(10-24)18(26)21-15-5-2-6-16(8-15)25-12-20-22-23-25/h2,5-6,8-9,12,14H,3-4,7,10-11H2,1H3,(H,21,26). The lowest BCUT2D eigenvalue weighted by Gasteiger charge is -2.31. The van der Waals surface area contributed by atoms with Crippen molar-refractivity contribution in [2.75, 3.05) is 18.4 Å². The minimum Gasteiger partial charge on any atom is -0.326 e. The molecule has 0 aliphatic carbocycles. The molecule has 1 amide bonds. The van der Waals surface area contributed by atoms with E-state index in [4.69, 9.17) is 0 Å². The highest BCUT2D eigenvalue weighted by Crippen LogP contribution is 2.23. The maximum Gasteiger partial charge on any atom is 0.228 e. The van der Waals surface area contributed by atoms with Crippen LogP contribution in [0.4, 0.5) is 5.69 Å². The number of nitrogens with zero attached hydrogens (tertiary/aromatic N) is 6. The number of carbonyl (C=O) groups is 1. The molecule has 1 aliphatic rings. The molecule has 1 saturated heterocycles. The predicted molar refractivity (Wildman–Crippen MR) is 103 cm³/mol. The van der Waals surface area contributed by atoms with Crippen molar-refractivity contribution in [3.63, 3.8) is 0 Å². The minimum absolute atomic E-state index is 0.00976. The number of hydrogen-bond acceptors (Lipinski definition) is 7. The van der Waals surface area contributed by atoms with Gasteiger partial charge in [-0.1, -0.05) is 6.07 Å². The van der Waals surface area contributed by atoms with Crippen molar-refractivity contribution >= 4 is 22.9 Å². The van der Waals surface area contributed by atoms with Crippen molar-refractivity contribution in [3.8, 4) is 5.69 Å².